The van der Waals surface area contributed by atoms with Crippen LogP contribution in [0.1, 0.15) is 19.0 Å². The fourth-order valence-electron chi connectivity index (χ4n) is 2.03. The van der Waals surface area contributed by atoms with Crippen LogP contribution in [0.4, 0.5) is 5.69 Å². The molecule has 0 unspecified atom stereocenters. The summed E-state index contributed by atoms with van der Waals surface area (Å²) in [5.41, 5.74) is 3.04. The smallest absolute Gasteiger partial charge is 0.139 e. The molecule has 0 aliphatic carbocycles. The lowest BCUT2D eigenvalue weighted by atomic mass is 10.1. The molecule has 0 aliphatic rings. The molecule has 0 radical (unpaired) electrons. The number of hydrogen-bond donors (Lipinski definition) is 1. The van der Waals surface area contributed by atoms with E-state index in [1.807, 2.05) is 19.2 Å². The van der Waals surface area contributed by atoms with Crippen LogP contribution in [0.3, 0.4) is 0 Å². The molecule has 96 valence electrons. The van der Waals surface area contributed by atoms with Gasteiger partial charge in [0.1, 0.15) is 5.75 Å². The molecule has 0 spiro atoms. The molecule has 1 aromatic heterocycles. The molecule has 0 saturated heterocycles. The summed E-state index contributed by atoms with van der Waals surface area (Å²) < 4.78 is 5.23. The van der Waals surface area contributed by atoms with Gasteiger partial charge in [0, 0.05) is 29.9 Å². The van der Waals surface area contributed by atoms with Crippen molar-refractivity contribution in [1.29, 1.82) is 0 Å². The molecule has 1 heterocycles. The van der Waals surface area contributed by atoms with Gasteiger partial charge in [-0.1, -0.05) is 24.9 Å². The lowest BCUT2D eigenvalue weighted by Crippen LogP contribution is -1.97. The number of nitrogens with zero attached hydrogens (tertiary/aromatic N) is 1. The van der Waals surface area contributed by atoms with E-state index in [-0.39, 0.29) is 0 Å². The van der Waals surface area contributed by atoms with Crippen LogP contribution in [0.2, 0.25) is 5.02 Å². The number of pyridine rings is 1. The number of ether oxygens (including phenoxy) is 1. The van der Waals surface area contributed by atoms with Gasteiger partial charge in [-0.05, 0) is 18.6 Å². The van der Waals surface area contributed by atoms with Crippen LogP contribution in [0.25, 0.3) is 10.9 Å². The molecule has 0 fully saturated rings. The highest BCUT2D eigenvalue weighted by Gasteiger charge is 2.09. The minimum absolute atomic E-state index is 0.603. The van der Waals surface area contributed by atoms with Crippen LogP contribution in [-0.4, -0.2) is 19.1 Å². The molecular weight excluding hydrogens is 248 g/mol. The van der Waals surface area contributed by atoms with Crippen LogP contribution in [0, 0.1) is 0 Å². The van der Waals surface area contributed by atoms with Crippen LogP contribution in [0.15, 0.2) is 18.2 Å². The van der Waals surface area contributed by atoms with Gasteiger partial charge < -0.3 is 10.1 Å². The van der Waals surface area contributed by atoms with E-state index in [1.165, 1.54) is 0 Å². The first-order valence-corrected chi connectivity index (χ1v) is 6.42. The fraction of sp³-hybridized carbons (Fsp3) is 0.357. The van der Waals surface area contributed by atoms with E-state index in [1.54, 1.807) is 7.11 Å². The van der Waals surface area contributed by atoms with Crippen molar-refractivity contribution in [2.24, 2.45) is 0 Å². The van der Waals surface area contributed by atoms with Crippen molar-refractivity contribution in [2.75, 3.05) is 19.5 Å². The third-order valence-corrected chi connectivity index (χ3v) is 3.21. The minimum Gasteiger partial charge on any atom is -0.495 e. The summed E-state index contributed by atoms with van der Waals surface area (Å²) in [4.78, 5) is 4.64. The van der Waals surface area contributed by atoms with E-state index < -0.39 is 0 Å². The summed E-state index contributed by atoms with van der Waals surface area (Å²) in [5, 5.41) is 4.81. The highest BCUT2D eigenvalue weighted by atomic mass is 35.5. The number of aryl methyl sites for hydroxylation is 1. The number of anilines is 1. The van der Waals surface area contributed by atoms with E-state index >= 15 is 0 Å². The Balaban J connectivity index is 2.67. The van der Waals surface area contributed by atoms with Gasteiger partial charge in [0.25, 0.3) is 0 Å². The Bertz CT molecular complexity index is 569. The SMILES string of the molecule is CCCc1cc(NC)c2cc(Cl)c(OC)cc2n1. The number of aromatic nitrogens is 1. The highest BCUT2D eigenvalue weighted by Crippen LogP contribution is 2.33. The van der Waals surface area contributed by atoms with Crippen molar-refractivity contribution in [3.8, 4) is 5.75 Å². The molecule has 2 aromatic rings. The van der Waals surface area contributed by atoms with Crippen molar-refractivity contribution in [3.05, 3.63) is 28.9 Å². The average Bonchev–Trinajstić information content (AvgIpc) is 2.38. The zero-order chi connectivity index (χ0) is 13.1. The maximum atomic E-state index is 6.15. The normalized spacial score (nSPS) is 10.7. The second-order valence-electron chi connectivity index (χ2n) is 4.17. The van der Waals surface area contributed by atoms with Crippen molar-refractivity contribution >= 4 is 28.2 Å². The van der Waals surface area contributed by atoms with Gasteiger partial charge in [0.2, 0.25) is 0 Å². The summed E-state index contributed by atoms with van der Waals surface area (Å²) in [7, 11) is 3.52. The second-order valence-corrected chi connectivity index (χ2v) is 4.57. The maximum Gasteiger partial charge on any atom is 0.139 e. The molecule has 0 bridgehead atoms. The number of hydrogen-bond acceptors (Lipinski definition) is 3. The minimum atomic E-state index is 0.603. The van der Waals surface area contributed by atoms with Crippen molar-refractivity contribution in [3.63, 3.8) is 0 Å². The summed E-state index contributed by atoms with van der Waals surface area (Å²) in [6.45, 7) is 2.15. The number of rotatable bonds is 4. The summed E-state index contributed by atoms with van der Waals surface area (Å²) >= 11 is 6.15. The summed E-state index contributed by atoms with van der Waals surface area (Å²) in [6, 6.07) is 5.86. The molecule has 0 saturated carbocycles. The first-order chi connectivity index (χ1) is 8.69. The fourth-order valence-corrected chi connectivity index (χ4v) is 2.27. The first kappa shape index (κ1) is 13.0. The largest absolute Gasteiger partial charge is 0.495 e. The Morgan fingerprint density at radius 3 is 2.72 bits per heavy atom. The number of halogens is 1. The van der Waals surface area contributed by atoms with E-state index in [0.29, 0.717) is 10.8 Å². The Morgan fingerprint density at radius 2 is 2.11 bits per heavy atom. The van der Waals surface area contributed by atoms with Crippen LogP contribution < -0.4 is 10.1 Å². The molecule has 3 nitrogen and oxygen atoms in total. The Labute approximate surface area is 112 Å². The van der Waals surface area contributed by atoms with E-state index in [9.17, 15) is 0 Å². The van der Waals surface area contributed by atoms with Gasteiger partial charge in [0.05, 0.1) is 17.6 Å². The van der Waals surface area contributed by atoms with E-state index in [0.717, 1.165) is 35.1 Å². The Kier molecular flexibility index (Phi) is 3.92. The number of nitrogens with one attached hydrogen (secondary N) is 1. The molecule has 0 atom stereocenters. The van der Waals surface area contributed by atoms with Crippen LogP contribution in [-0.2, 0) is 6.42 Å². The van der Waals surface area contributed by atoms with Crippen molar-refractivity contribution in [2.45, 2.75) is 19.8 Å². The molecular formula is C14H17ClN2O. The lowest BCUT2D eigenvalue weighted by Gasteiger charge is -2.11. The second kappa shape index (κ2) is 5.44. The molecule has 1 N–H and O–H groups in total. The van der Waals surface area contributed by atoms with E-state index in [2.05, 4.69) is 23.3 Å². The average molecular weight is 265 g/mol. The molecule has 18 heavy (non-hydrogen) atoms. The number of methoxy groups -OCH3 is 1. The van der Waals surface area contributed by atoms with Gasteiger partial charge >= 0.3 is 0 Å². The third-order valence-electron chi connectivity index (χ3n) is 2.91. The first-order valence-electron chi connectivity index (χ1n) is 6.04. The van der Waals surface area contributed by atoms with Crippen LogP contribution >= 0.6 is 11.6 Å². The van der Waals surface area contributed by atoms with Crippen molar-refractivity contribution < 1.29 is 4.74 Å². The monoisotopic (exact) mass is 264 g/mol. The Morgan fingerprint density at radius 1 is 1.33 bits per heavy atom. The topological polar surface area (TPSA) is 34.1 Å². The number of benzene rings is 1. The summed E-state index contributed by atoms with van der Waals surface area (Å²) in [6.07, 6.45) is 2.04. The molecule has 0 aliphatic heterocycles. The van der Waals surface area contributed by atoms with E-state index in [4.69, 9.17) is 16.3 Å². The zero-order valence-corrected chi connectivity index (χ0v) is 11.6. The predicted molar refractivity (Wildman–Crippen MR) is 76.8 cm³/mol. The van der Waals surface area contributed by atoms with Gasteiger partial charge in [-0.3, -0.25) is 4.98 Å². The van der Waals surface area contributed by atoms with Gasteiger partial charge in [-0.25, -0.2) is 0 Å². The number of fused-ring (bicyclic) bond motifs is 1. The predicted octanol–water partition coefficient (Wildman–Crippen LogP) is 3.89. The highest BCUT2D eigenvalue weighted by molar-refractivity contribution is 6.33. The van der Waals surface area contributed by atoms with Gasteiger partial charge in [0.15, 0.2) is 0 Å². The zero-order valence-electron chi connectivity index (χ0n) is 10.9. The lowest BCUT2D eigenvalue weighted by molar-refractivity contribution is 0.415. The van der Waals surface area contributed by atoms with Crippen molar-refractivity contribution in [1.82, 2.24) is 4.98 Å². The maximum absolute atomic E-state index is 6.15. The molecule has 4 heteroatoms. The Hall–Kier alpha value is -1.48. The molecule has 1 aromatic carbocycles. The molecule has 2 rings (SSSR count). The quantitative estimate of drug-likeness (QED) is 0.910. The standard InChI is InChI=1S/C14H17ClN2O/c1-4-5-9-6-12(16-2)10-7-11(15)14(18-3)8-13(10)17-9/h6-8H,4-5H2,1-3H3,(H,16,17). The summed E-state index contributed by atoms with van der Waals surface area (Å²) in [5.74, 6) is 0.660. The van der Waals surface area contributed by atoms with Gasteiger partial charge in [-0.2, -0.15) is 0 Å². The van der Waals surface area contributed by atoms with Gasteiger partial charge in [-0.15, -0.1) is 0 Å². The third kappa shape index (κ3) is 2.36. The molecule has 0 amide bonds. The van der Waals surface area contributed by atoms with Crippen LogP contribution in [0.5, 0.6) is 5.75 Å².